The van der Waals surface area contributed by atoms with Crippen LogP contribution in [0.4, 0.5) is 0 Å². The van der Waals surface area contributed by atoms with Gasteiger partial charge in [0.25, 0.3) is 0 Å². The van der Waals surface area contributed by atoms with Gasteiger partial charge in [0.05, 0.1) is 0 Å². The maximum absolute atomic E-state index is 2.53. The van der Waals surface area contributed by atoms with Crippen molar-refractivity contribution in [1.82, 2.24) is 0 Å². The van der Waals surface area contributed by atoms with Crippen LogP contribution in [0, 0.1) is 0 Å². The molecule has 2 heteroatoms. The first-order valence-electron chi connectivity index (χ1n) is 17.5. The van der Waals surface area contributed by atoms with Crippen LogP contribution < -0.4 is 32.8 Å². The quantitative estimate of drug-likeness (QED) is 0.121. The average molecular weight is 614 g/mol. The van der Waals surface area contributed by atoms with Crippen LogP contribution in [0.3, 0.4) is 0 Å². The smallest absolute Gasteiger partial charge is 0.0686 e. The van der Waals surface area contributed by atoms with E-state index < -0.39 is 0 Å². The predicted molar refractivity (Wildman–Crippen MR) is 213 cm³/mol. The third-order valence-corrected chi connectivity index (χ3v) is 10.4. The summed E-state index contributed by atoms with van der Waals surface area (Å²) >= 11 is 0. The van der Waals surface area contributed by atoms with Crippen LogP contribution in [0.5, 0.6) is 0 Å². The molecule has 0 aliphatic carbocycles. The van der Waals surface area contributed by atoms with Crippen molar-refractivity contribution in [2.24, 2.45) is 0 Å². The van der Waals surface area contributed by atoms with E-state index in [0.717, 1.165) is 0 Å². The standard InChI is InChI=1S/C46H40B2/c1-31(2)41-29-43(47(33-17-9-5-10-18-33)34-19-11-6-12-20-34)39-27-28-40-44(30-42(32(3)4)38-26-25-37(41)45(39)46(38)40)48(35-21-13-7-14-22-35)36-23-15-8-16-24-36/h5-32H,1-4H3. The minimum Gasteiger partial charge on any atom is -0.0686 e. The van der Waals surface area contributed by atoms with Crippen molar-refractivity contribution < 1.29 is 0 Å². The Balaban J connectivity index is 1.53. The van der Waals surface area contributed by atoms with Crippen LogP contribution in [-0.2, 0) is 0 Å². The molecule has 8 aromatic carbocycles. The maximum Gasteiger partial charge on any atom is 0.242 e. The van der Waals surface area contributed by atoms with Gasteiger partial charge < -0.3 is 0 Å². The topological polar surface area (TPSA) is 0 Å². The largest absolute Gasteiger partial charge is 0.242 e. The van der Waals surface area contributed by atoms with Crippen LogP contribution in [0.2, 0.25) is 0 Å². The summed E-state index contributed by atoms with van der Waals surface area (Å²) < 4.78 is 0. The van der Waals surface area contributed by atoms with Crippen molar-refractivity contribution in [2.75, 3.05) is 0 Å². The summed E-state index contributed by atoms with van der Waals surface area (Å²) in [6.45, 7) is 9.65. The molecule has 0 aromatic heterocycles. The van der Waals surface area contributed by atoms with Crippen molar-refractivity contribution >= 4 is 78.5 Å². The van der Waals surface area contributed by atoms with E-state index in [1.165, 1.54) is 76.2 Å². The van der Waals surface area contributed by atoms with Crippen molar-refractivity contribution in [3.05, 3.63) is 169 Å². The van der Waals surface area contributed by atoms with Crippen LogP contribution in [0.15, 0.2) is 158 Å². The predicted octanol–water partition coefficient (Wildman–Crippen LogP) is 7.86. The highest BCUT2D eigenvalue weighted by molar-refractivity contribution is 6.98. The normalized spacial score (nSPS) is 11.7. The molecule has 0 saturated heterocycles. The lowest BCUT2D eigenvalue weighted by atomic mass is 9.35. The SMILES string of the molecule is CC(C)c1cc(B(c2ccccc2)c2ccccc2)c2ccc3c(B(c4ccccc4)c4ccccc4)cc(C(C)C)c4ccc1c2c34. The molecule has 0 fully saturated rings. The molecule has 8 rings (SSSR count). The van der Waals surface area contributed by atoms with Gasteiger partial charge in [-0.25, -0.2) is 0 Å². The first-order valence-corrected chi connectivity index (χ1v) is 17.5. The Kier molecular flexibility index (Phi) is 7.89. The third kappa shape index (κ3) is 5.12. The lowest BCUT2D eigenvalue weighted by Gasteiger charge is -2.26. The molecule has 48 heavy (non-hydrogen) atoms. The van der Waals surface area contributed by atoms with E-state index in [1.54, 1.807) is 0 Å². The molecule has 0 atom stereocenters. The van der Waals surface area contributed by atoms with E-state index in [4.69, 9.17) is 0 Å². The van der Waals surface area contributed by atoms with Gasteiger partial charge in [-0.3, -0.25) is 0 Å². The zero-order chi connectivity index (χ0) is 32.8. The fourth-order valence-corrected chi connectivity index (χ4v) is 8.22. The molecular formula is C46H40B2. The van der Waals surface area contributed by atoms with Gasteiger partial charge in [0, 0.05) is 0 Å². The zero-order valence-electron chi connectivity index (χ0n) is 28.3. The molecule has 0 nitrogen and oxygen atoms in total. The van der Waals surface area contributed by atoms with Gasteiger partial charge in [-0.1, -0.05) is 218 Å². The van der Waals surface area contributed by atoms with Crippen molar-refractivity contribution in [1.29, 1.82) is 0 Å². The second-order valence-electron chi connectivity index (χ2n) is 14.0. The maximum atomic E-state index is 2.53. The van der Waals surface area contributed by atoms with Crippen molar-refractivity contribution in [3.63, 3.8) is 0 Å². The molecule has 0 unspecified atom stereocenters. The molecule has 0 amide bonds. The summed E-state index contributed by atoms with van der Waals surface area (Å²) in [5, 5.41) is 8.29. The zero-order valence-corrected chi connectivity index (χ0v) is 28.3. The second kappa shape index (κ2) is 12.5. The van der Waals surface area contributed by atoms with Gasteiger partial charge in [-0.05, 0) is 55.3 Å². The Hall–Kier alpha value is -5.07. The van der Waals surface area contributed by atoms with Gasteiger partial charge >= 0.3 is 0 Å². The van der Waals surface area contributed by atoms with E-state index >= 15 is 0 Å². The van der Waals surface area contributed by atoms with Crippen LogP contribution in [0.25, 0.3) is 32.3 Å². The molecular weight excluding hydrogens is 574 g/mol. The van der Waals surface area contributed by atoms with E-state index in [1.807, 2.05) is 0 Å². The fraction of sp³-hybridized carbons (Fsp3) is 0.130. The van der Waals surface area contributed by atoms with Gasteiger partial charge in [0.1, 0.15) is 0 Å². The molecule has 0 bridgehead atoms. The second-order valence-corrected chi connectivity index (χ2v) is 14.0. The summed E-state index contributed by atoms with van der Waals surface area (Å²) in [5.41, 5.74) is 10.9. The Labute approximate surface area is 286 Å². The third-order valence-electron chi connectivity index (χ3n) is 10.4. The molecule has 0 heterocycles. The van der Waals surface area contributed by atoms with E-state index in [9.17, 15) is 0 Å². The van der Waals surface area contributed by atoms with Gasteiger partial charge in [-0.15, -0.1) is 0 Å². The molecule has 0 spiro atoms. The average Bonchev–Trinajstić information content (AvgIpc) is 3.13. The van der Waals surface area contributed by atoms with Gasteiger partial charge in [0.15, 0.2) is 0 Å². The highest BCUT2D eigenvalue weighted by Gasteiger charge is 2.30. The number of benzene rings is 8. The minimum absolute atomic E-state index is 0.125. The monoisotopic (exact) mass is 614 g/mol. The summed E-state index contributed by atoms with van der Waals surface area (Å²) in [4.78, 5) is 0. The molecule has 0 saturated carbocycles. The summed E-state index contributed by atoms with van der Waals surface area (Å²) in [7, 11) is 0. The van der Waals surface area contributed by atoms with Crippen molar-refractivity contribution in [3.8, 4) is 0 Å². The first kappa shape index (κ1) is 30.3. The van der Waals surface area contributed by atoms with E-state index in [0.29, 0.717) is 11.8 Å². The number of hydrogen-bond donors (Lipinski definition) is 0. The first-order chi connectivity index (χ1) is 23.5. The highest BCUT2D eigenvalue weighted by Crippen LogP contribution is 2.40. The number of rotatable bonds is 8. The van der Waals surface area contributed by atoms with E-state index in [-0.39, 0.29) is 13.4 Å². The Bertz CT molecular complexity index is 2080. The molecule has 0 aliphatic heterocycles. The lowest BCUT2D eigenvalue weighted by Crippen LogP contribution is -2.52. The Morgan fingerprint density at radius 3 is 0.875 bits per heavy atom. The Morgan fingerprint density at radius 1 is 0.333 bits per heavy atom. The van der Waals surface area contributed by atoms with Crippen molar-refractivity contribution in [2.45, 2.75) is 39.5 Å². The molecule has 0 aliphatic rings. The Morgan fingerprint density at radius 2 is 0.604 bits per heavy atom. The van der Waals surface area contributed by atoms with Gasteiger partial charge in [0.2, 0.25) is 13.4 Å². The molecule has 8 aromatic rings. The van der Waals surface area contributed by atoms with E-state index in [2.05, 4.69) is 185 Å². The fourth-order valence-electron chi connectivity index (χ4n) is 8.22. The molecule has 0 N–H and O–H groups in total. The minimum atomic E-state index is 0.125. The van der Waals surface area contributed by atoms with Crippen LogP contribution in [-0.4, -0.2) is 13.4 Å². The highest BCUT2D eigenvalue weighted by atomic mass is 14.2. The van der Waals surface area contributed by atoms with Gasteiger partial charge in [-0.2, -0.15) is 0 Å². The molecule has 230 valence electrons. The lowest BCUT2D eigenvalue weighted by molar-refractivity contribution is 0.876. The molecule has 0 radical (unpaired) electrons. The summed E-state index contributed by atoms with van der Waals surface area (Å²) in [5.74, 6) is 0.761. The summed E-state index contributed by atoms with van der Waals surface area (Å²) in [6.07, 6.45) is 0. The van der Waals surface area contributed by atoms with Crippen LogP contribution >= 0.6 is 0 Å². The summed E-state index contributed by atoms with van der Waals surface area (Å²) in [6, 6.07) is 59.1. The van der Waals surface area contributed by atoms with Crippen LogP contribution in [0.1, 0.15) is 50.7 Å². The number of hydrogen-bond acceptors (Lipinski definition) is 0.